The van der Waals surface area contributed by atoms with E-state index in [0.29, 0.717) is 17.9 Å². The van der Waals surface area contributed by atoms with Crippen LogP contribution in [-0.4, -0.2) is 24.5 Å². The van der Waals surface area contributed by atoms with Gasteiger partial charge in [-0.2, -0.15) is 0 Å². The summed E-state index contributed by atoms with van der Waals surface area (Å²) in [5.41, 5.74) is 3.83. The number of esters is 3. The van der Waals surface area contributed by atoms with Crippen molar-refractivity contribution in [2.75, 3.05) is 6.61 Å². The highest BCUT2D eigenvalue weighted by Crippen LogP contribution is 2.38. The average Bonchev–Trinajstić information content (AvgIpc) is 2.53. The second-order valence-electron chi connectivity index (χ2n) is 6.23. The lowest BCUT2D eigenvalue weighted by Gasteiger charge is -2.20. The summed E-state index contributed by atoms with van der Waals surface area (Å²) in [6.45, 7) is 11.5. The van der Waals surface area contributed by atoms with Crippen molar-refractivity contribution in [1.29, 1.82) is 0 Å². The van der Waals surface area contributed by atoms with Gasteiger partial charge in [-0.3, -0.25) is 14.4 Å². The summed E-state index contributed by atoms with van der Waals surface area (Å²) in [7, 11) is 0. The lowest BCUT2D eigenvalue weighted by atomic mass is 9.94. The number of carbonyl (C=O) groups is 3. The first-order chi connectivity index (χ1) is 12.0. The van der Waals surface area contributed by atoms with Crippen molar-refractivity contribution in [3.63, 3.8) is 0 Å². The molecule has 0 radical (unpaired) electrons. The lowest BCUT2D eigenvalue weighted by Crippen LogP contribution is -2.12. The predicted molar refractivity (Wildman–Crippen MR) is 97.4 cm³/mol. The Bertz CT molecular complexity index is 758. The van der Waals surface area contributed by atoms with Crippen molar-refractivity contribution < 1.29 is 28.6 Å². The SMILES string of the molecule is CC(=O)OC/C(C)=C/Cc1c(C)c(OC(C)=O)c(C)c(C)c1OC(C)=O. The number of hydrogen-bond acceptors (Lipinski definition) is 6. The molecule has 0 heterocycles. The number of benzene rings is 1. The summed E-state index contributed by atoms with van der Waals surface area (Å²) in [6.07, 6.45) is 2.33. The molecule has 0 aliphatic heterocycles. The van der Waals surface area contributed by atoms with Crippen LogP contribution in [0.4, 0.5) is 0 Å². The summed E-state index contributed by atoms with van der Waals surface area (Å²) in [6, 6.07) is 0. The zero-order chi connectivity index (χ0) is 20.0. The molecule has 1 rings (SSSR count). The molecule has 0 fully saturated rings. The molecule has 0 amide bonds. The molecule has 0 aliphatic rings. The molecule has 0 atom stereocenters. The highest BCUT2D eigenvalue weighted by atomic mass is 16.5. The number of carbonyl (C=O) groups excluding carboxylic acids is 3. The van der Waals surface area contributed by atoms with Crippen LogP contribution in [-0.2, 0) is 25.5 Å². The molecule has 0 saturated carbocycles. The van der Waals surface area contributed by atoms with Gasteiger partial charge in [0.05, 0.1) is 0 Å². The van der Waals surface area contributed by atoms with Crippen LogP contribution in [0.2, 0.25) is 0 Å². The van der Waals surface area contributed by atoms with Crippen LogP contribution in [0.3, 0.4) is 0 Å². The standard InChI is InChI=1S/C20H26O6/c1-11(10-24-15(5)21)8-9-18-14(4)19(25-16(6)22)12(2)13(3)20(18)26-17(7)23/h8H,9-10H2,1-7H3/b11-8+. The summed E-state index contributed by atoms with van der Waals surface area (Å²) >= 11 is 0. The van der Waals surface area contributed by atoms with Crippen molar-refractivity contribution in [3.8, 4) is 11.5 Å². The first-order valence-corrected chi connectivity index (χ1v) is 8.33. The van der Waals surface area contributed by atoms with E-state index in [1.807, 2.05) is 33.8 Å². The van der Waals surface area contributed by atoms with Crippen molar-refractivity contribution in [1.82, 2.24) is 0 Å². The van der Waals surface area contributed by atoms with Crippen LogP contribution in [0.5, 0.6) is 11.5 Å². The fourth-order valence-corrected chi connectivity index (χ4v) is 2.53. The zero-order valence-electron chi connectivity index (χ0n) is 16.4. The Morgan fingerprint density at radius 2 is 1.27 bits per heavy atom. The van der Waals surface area contributed by atoms with E-state index in [1.54, 1.807) is 0 Å². The maximum atomic E-state index is 11.5. The minimum absolute atomic E-state index is 0.193. The van der Waals surface area contributed by atoms with Gasteiger partial charge in [-0.25, -0.2) is 0 Å². The normalized spacial score (nSPS) is 11.1. The Morgan fingerprint density at radius 1 is 0.769 bits per heavy atom. The Labute approximate surface area is 154 Å². The van der Waals surface area contributed by atoms with E-state index in [4.69, 9.17) is 14.2 Å². The van der Waals surface area contributed by atoms with Gasteiger partial charge in [-0.15, -0.1) is 0 Å². The molecule has 0 saturated heterocycles. The minimum atomic E-state index is -0.422. The number of ether oxygens (including phenoxy) is 3. The Balaban J connectivity index is 3.38. The number of rotatable bonds is 6. The van der Waals surface area contributed by atoms with Crippen molar-refractivity contribution in [2.24, 2.45) is 0 Å². The monoisotopic (exact) mass is 362 g/mol. The quantitative estimate of drug-likeness (QED) is 0.438. The molecule has 0 bridgehead atoms. The largest absolute Gasteiger partial charge is 0.461 e. The molecule has 0 N–H and O–H groups in total. The molecular formula is C20H26O6. The van der Waals surface area contributed by atoms with Crippen molar-refractivity contribution >= 4 is 17.9 Å². The van der Waals surface area contributed by atoms with Gasteiger partial charge in [0, 0.05) is 26.3 Å². The summed E-state index contributed by atoms with van der Waals surface area (Å²) in [5, 5.41) is 0. The van der Waals surface area contributed by atoms with E-state index < -0.39 is 11.9 Å². The topological polar surface area (TPSA) is 78.9 Å². The predicted octanol–water partition coefficient (Wildman–Crippen LogP) is 3.51. The number of hydrogen-bond donors (Lipinski definition) is 0. The van der Waals surface area contributed by atoms with Crippen molar-refractivity contribution in [3.05, 3.63) is 33.9 Å². The third-order valence-corrected chi connectivity index (χ3v) is 3.96. The van der Waals surface area contributed by atoms with E-state index in [9.17, 15) is 14.4 Å². The fraction of sp³-hybridized carbons (Fsp3) is 0.450. The first kappa shape index (κ1) is 21.4. The summed E-state index contributed by atoms with van der Waals surface area (Å²) in [4.78, 5) is 33.9. The average molecular weight is 362 g/mol. The second-order valence-corrected chi connectivity index (χ2v) is 6.23. The second kappa shape index (κ2) is 9.17. The molecule has 0 unspecified atom stereocenters. The van der Waals surface area contributed by atoms with Gasteiger partial charge in [-0.05, 0) is 56.4 Å². The third kappa shape index (κ3) is 5.72. The van der Waals surface area contributed by atoms with Gasteiger partial charge >= 0.3 is 17.9 Å². The third-order valence-electron chi connectivity index (χ3n) is 3.96. The Kier molecular flexibility index (Phi) is 7.56. The molecule has 1 aromatic carbocycles. The molecular weight excluding hydrogens is 336 g/mol. The van der Waals surface area contributed by atoms with Crippen molar-refractivity contribution in [2.45, 2.75) is 54.9 Å². The zero-order valence-corrected chi connectivity index (χ0v) is 16.4. The van der Waals surface area contributed by atoms with Crippen LogP contribution in [0.25, 0.3) is 0 Å². The molecule has 6 heteroatoms. The minimum Gasteiger partial charge on any atom is -0.461 e. The highest BCUT2D eigenvalue weighted by Gasteiger charge is 2.21. The Morgan fingerprint density at radius 3 is 1.77 bits per heavy atom. The molecule has 6 nitrogen and oxygen atoms in total. The van der Waals surface area contributed by atoms with Crippen LogP contribution in [0.15, 0.2) is 11.6 Å². The van der Waals surface area contributed by atoms with Crippen LogP contribution >= 0.6 is 0 Å². The first-order valence-electron chi connectivity index (χ1n) is 8.33. The maximum absolute atomic E-state index is 11.5. The smallest absolute Gasteiger partial charge is 0.308 e. The van der Waals surface area contributed by atoms with Gasteiger partial charge in [0.1, 0.15) is 18.1 Å². The van der Waals surface area contributed by atoms with E-state index in [2.05, 4.69) is 0 Å². The molecule has 1 aromatic rings. The van der Waals surface area contributed by atoms with Gasteiger partial charge in [-0.1, -0.05) is 6.08 Å². The molecule has 142 valence electrons. The van der Waals surface area contributed by atoms with Crippen LogP contribution in [0.1, 0.15) is 49.9 Å². The molecule has 0 aliphatic carbocycles. The van der Waals surface area contributed by atoms with Crippen LogP contribution < -0.4 is 9.47 Å². The van der Waals surface area contributed by atoms with E-state index >= 15 is 0 Å². The molecule has 0 spiro atoms. The summed E-state index contributed by atoms with van der Waals surface area (Å²) in [5.74, 6) is -0.234. The fourth-order valence-electron chi connectivity index (χ4n) is 2.53. The van der Waals surface area contributed by atoms with Crippen LogP contribution in [0, 0.1) is 20.8 Å². The van der Waals surface area contributed by atoms with Gasteiger partial charge < -0.3 is 14.2 Å². The molecule has 0 aromatic heterocycles. The number of allylic oxidation sites excluding steroid dienone is 1. The maximum Gasteiger partial charge on any atom is 0.308 e. The highest BCUT2D eigenvalue weighted by molar-refractivity contribution is 5.74. The lowest BCUT2D eigenvalue weighted by molar-refractivity contribution is -0.140. The van der Waals surface area contributed by atoms with Gasteiger partial charge in [0.25, 0.3) is 0 Å². The van der Waals surface area contributed by atoms with Gasteiger partial charge in [0.15, 0.2) is 0 Å². The Hall–Kier alpha value is -2.63. The molecule has 26 heavy (non-hydrogen) atoms. The summed E-state index contributed by atoms with van der Waals surface area (Å²) < 4.78 is 15.8. The van der Waals surface area contributed by atoms with E-state index in [0.717, 1.165) is 27.8 Å². The van der Waals surface area contributed by atoms with Gasteiger partial charge in [0.2, 0.25) is 0 Å². The van der Waals surface area contributed by atoms with E-state index in [1.165, 1.54) is 20.8 Å². The van der Waals surface area contributed by atoms with E-state index in [-0.39, 0.29) is 12.6 Å².